The fourth-order valence-corrected chi connectivity index (χ4v) is 2.51. The van der Waals surface area contributed by atoms with Crippen LogP contribution in [0.2, 0.25) is 0 Å². The molecule has 0 radical (unpaired) electrons. The number of hydrogen-bond donors (Lipinski definition) is 2. The number of thiol groups is 1. The Balaban J connectivity index is 0.000000671. The predicted molar refractivity (Wildman–Crippen MR) is 99.1 cm³/mol. The largest absolute Gasteiger partial charge is 0.367 e. The molecule has 3 rings (SSSR count). The molecule has 1 N–H and O–H groups in total. The van der Waals surface area contributed by atoms with E-state index in [2.05, 4.69) is 33.1 Å². The van der Waals surface area contributed by atoms with E-state index in [0.717, 1.165) is 23.0 Å². The number of anilines is 1. The molecule has 0 aromatic carbocycles. The van der Waals surface area contributed by atoms with Crippen LogP contribution in [0.3, 0.4) is 0 Å². The maximum Gasteiger partial charge on any atom is 0.258 e. The molecule has 5 nitrogen and oxygen atoms in total. The lowest BCUT2D eigenvalue weighted by molar-refractivity contribution is 0.419. The normalized spacial score (nSPS) is 14.7. The third-order valence-corrected chi connectivity index (χ3v) is 3.67. The van der Waals surface area contributed by atoms with E-state index in [1.54, 1.807) is 6.20 Å². The molecule has 0 aliphatic heterocycles. The predicted octanol–water partition coefficient (Wildman–Crippen LogP) is 4.79. The van der Waals surface area contributed by atoms with Gasteiger partial charge in [-0.3, -0.25) is 0 Å². The Bertz CT molecular complexity index is 600. The Hall–Kier alpha value is -1.56. The van der Waals surface area contributed by atoms with Crippen molar-refractivity contribution in [3.63, 3.8) is 0 Å². The van der Waals surface area contributed by atoms with Crippen LogP contribution in [-0.2, 0) is 0 Å². The summed E-state index contributed by atoms with van der Waals surface area (Å²) < 4.78 is 5.32. The van der Waals surface area contributed by atoms with Gasteiger partial charge in [-0.25, -0.2) is 4.98 Å². The third kappa shape index (κ3) is 5.23. The van der Waals surface area contributed by atoms with Crippen LogP contribution in [0.15, 0.2) is 22.9 Å². The number of hydrogen-bond acceptors (Lipinski definition) is 6. The highest BCUT2D eigenvalue weighted by molar-refractivity contribution is 7.80. The first-order valence-electron chi connectivity index (χ1n) is 8.31. The lowest BCUT2D eigenvalue weighted by Gasteiger charge is -2.12. The minimum Gasteiger partial charge on any atom is -0.367 e. The van der Waals surface area contributed by atoms with Crippen LogP contribution in [0.1, 0.15) is 59.6 Å². The first kappa shape index (κ1) is 17.8. The van der Waals surface area contributed by atoms with Crippen LogP contribution in [0.4, 0.5) is 5.82 Å². The molecule has 0 unspecified atom stereocenters. The summed E-state index contributed by atoms with van der Waals surface area (Å²) >= 11 is 3.79. The second kappa shape index (κ2) is 8.91. The van der Waals surface area contributed by atoms with E-state index in [-0.39, 0.29) is 7.34 Å². The summed E-state index contributed by atoms with van der Waals surface area (Å²) in [7, 11) is 0. The van der Waals surface area contributed by atoms with Crippen molar-refractivity contribution in [2.24, 2.45) is 0 Å². The van der Waals surface area contributed by atoms with Crippen molar-refractivity contribution in [1.29, 1.82) is 0 Å². The van der Waals surface area contributed by atoms with E-state index < -0.39 is 0 Å². The van der Waals surface area contributed by atoms with E-state index in [4.69, 9.17) is 4.52 Å². The van der Waals surface area contributed by atoms with Gasteiger partial charge < -0.3 is 9.84 Å². The molecule has 128 valence electrons. The monoisotopic (exact) mass is 336 g/mol. The van der Waals surface area contributed by atoms with Crippen LogP contribution in [0.25, 0.3) is 11.5 Å². The summed E-state index contributed by atoms with van der Waals surface area (Å²) in [5, 5.41) is 7.48. The Kier molecular flexibility index (Phi) is 6.89. The van der Waals surface area contributed by atoms with Crippen molar-refractivity contribution in [1.82, 2.24) is 15.1 Å². The van der Waals surface area contributed by atoms with Crippen molar-refractivity contribution >= 4 is 18.4 Å². The standard InChI is InChI=1S/C15H20N4O.C2H6S.H2/c1-10(2)14-18-15(20-19-14)11-7-8-16-13(9-11)17-12-5-3-4-6-12;1-2-3;/h7-10,12H,3-6H2,1-2H3,(H,16,17);3H,2H2,1H3;1H. The molecule has 0 saturated heterocycles. The molecule has 0 atom stereocenters. The fraction of sp³-hybridized carbons (Fsp3) is 0.588. The minimum atomic E-state index is 0. The second-order valence-corrected chi connectivity index (χ2v) is 6.62. The van der Waals surface area contributed by atoms with Gasteiger partial charge in [-0.1, -0.05) is 38.8 Å². The number of nitrogens with one attached hydrogen (secondary N) is 1. The van der Waals surface area contributed by atoms with Crippen LogP contribution >= 0.6 is 12.6 Å². The second-order valence-electron chi connectivity index (χ2n) is 5.98. The fourth-order valence-electron chi connectivity index (χ4n) is 2.51. The summed E-state index contributed by atoms with van der Waals surface area (Å²) in [6.45, 7) is 6.09. The van der Waals surface area contributed by atoms with Crippen molar-refractivity contribution in [3.8, 4) is 11.5 Å². The Morgan fingerprint density at radius 2 is 2.09 bits per heavy atom. The molecule has 0 bridgehead atoms. The molecular formula is C17H28N4OS. The summed E-state index contributed by atoms with van der Waals surface area (Å²) in [6, 6.07) is 4.43. The molecule has 1 saturated carbocycles. The SMILES string of the molecule is CC(C)c1noc(-c2ccnc(NC3CCCC3)c2)n1.CCS.[HH]. The zero-order valence-corrected chi connectivity index (χ0v) is 15.0. The Morgan fingerprint density at radius 3 is 2.70 bits per heavy atom. The Labute approximate surface area is 145 Å². The molecule has 2 heterocycles. The molecule has 6 heteroatoms. The first-order valence-corrected chi connectivity index (χ1v) is 8.94. The zero-order valence-electron chi connectivity index (χ0n) is 14.1. The van der Waals surface area contributed by atoms with Crippen molar-refractivity contribution in [2.45, 2.75) is 58.4 Å². The van der Waals surface area contributed by atoms with Crippen molar-refractivity contribution in [3.05, 3.63) is 24.2 Å². The van der Waals surface area contributed by atoms with Gasteiger partial charge in [0.1, 0.15) is 5.82 Å². The van der Waals surface area contributed by atoms with Crippen LogP contribution in [-0.4, -0.2) is 26.9 Å². The van der Waals surface area contributed by atoms with Crippen molar-refractivity contribution in [2.75, 3.05) is 11.1 Å². The van der Waals surface area contributed by atoms with E-state index in [0.29, 0.717) is 11.9 Å². The van der Waals surface area contributed by atoms with E-state index in [1.807, 2.05) is 32.9 Å². The average Bonchev–Trinajstić information content (AvgIpc) is 3.19. The van der Waals surface area contributed by atoms with Crippen LogP contribution in [0.5, 0.6) is 0 Å². The molecule has 2 aromatic heterocycles. The summed E-state index contributed by atoms with van der Waals surface area (Å²) in [5.41, 5.74) is 0.917. The summed E-state index contributed by atoms with van der Waals surface area (Å²) in [4.78, 5) is 8.79. The molecule has 1 fully saturated rings. The Morgan fingerprint density at radius 1 is 1.39 bits per heavy atom. The van der Waals surface area contributed by atoms with E-state index in [9.17, 15) is 0 Å². The topological polar surface area (TPSA) is 63.8 Å². The zero-order chi connectivity index (χ0) is 16.7. The molecule has 1 aliphatic carbocycles. The smallest absolute Gasteiger partial charge is 0.258 e. The highest BCUT2D eigenvalue weighted by atomic mass is 32.1. The van der Waals surface area contributed by atoms with Gasteiger partial charge >= 0.3 is 0 Å². The molecule has 23 heavy (non-hydrogen) atoms. The van der Waals surface area contributed by atoms with Gasteiger partial charge in [-0.05, 0) is 30.7 Å². The number of pyridine rings is 1. The van der Waals surface area contributed by atoms with E-state index >= 15 is 0 Å². The number of aromatic nitrogens is 3. The van der Waals surface area contributed by atoms with Crippen molar-refractivity contribution < 1.29 is 5.95 Å². The number of nitrogens with zero attached hydrogens (tertiary/aromatic N) is 3. The summed E-state index contributed by atoms with van der Waals surface area (Å²) in [6.07, 6.45) is 6.84. The molecular weight excluding hydrogens is 308 g/mol. The minimum absolute atomic E-state index is 0. The maximum absolute atomic E-state index is 5.32. The first-order chi connectivity index (χ1) is 11.1. The number of rotatable bonds is 4. The van der Waals surface area contributed by atoms with Gasteiger partial charge in [-0.15, -0.1) is 0 Å². The lowest BCUT2D eigenvalue weighted by Crippen LogP contribution is -2.15. The summed E-state index contributed by atoms with van der Waals surface area (Å²) in [5.74, 6) is 3.40. The van der Waals surface area contributed by atoms with Gasteiger partial charge in [0.25, 0.3) is 5.89 Å². The van der Waals surface area contributed by atoms with Crippen LogP contribution < -0.4 is 5.32 Å². The maximum atomic E-state index is 5.32. The lowest BCUT2D eigenvalue weighted by atomic mass is 10.2. The van der Waals surface area contributed by atoms with Gasteiger partial charge in [0.15, 0.2) is 5.82 Å². The molecule has 0 spiro atoms. The third-order valence-electron chi connectivity index (χ3n) is 3.67. The van der Waals surface area contributed by atoms with Gasteiger partial charge in [0.2, 0.25) is 0 Å². The highest BCUT2D eigenvalue weighted by Crippen LogP contribution is 2.24. The van der Waals surface area contributed by atoms with Gasteiger partial charge in [-0.2, -0.15) is 17.6 Å². The highest BCUT2D eigenvalue weighted by Gasteiger charge is 2.16. The molecule has 1 aliphatic rings. The van der Waals surface area contributed by atoms with E-state index in [1.165, 1.54) is 25.7 Å². The quantitative estimate of drug-likeness (QED) is 0.786. The van der Waals surface area contributed by atoms with Crippen LogP contribution in [0, 0.1) is 0 Å². The average molecular weight is 337 g/mol. The van der Waals surface area contributed by atoms with Gasteiger partial charge in [0, 0.05) is 25.1 Å². The molecule has 2 aromatic rings. The van der Waals surface area contributed by atoms with Gasteiger partial charge in [0.05, 0.1) is 0 Å². The molecule has 0 amide bonds.